The lowest BCUT2D eigenvalue weighted by atomic mass is 9.87. The number of hydrogen-bond donors (Lipinski definition) is 4. The van der Waals surface area contributed by atoms with Crippen LogP contribution in [0.1, 0.15) is 181 Å². The largest absolute Gasteiger partial charge is 0.462 e. The molecule has 1 aliphatic heterocycles. The van der Waals surface area contributed by atoms with E-state index < -0.39 is 43.3 Å². The molecule has 1 aliphatic rings. The number of ether oxygens (including phenoxy) is 3. The van der Waals surface area contributed by atoms with Crippen molar-refractivity contribution in [2.75, 3.05) is 13.2 Å². The maximum atomic E-state index is 12.3. The van der Waals surface area contributed by atoms with Gasteiger partial charge in [-0.15, -0.1) is 0 Å². The van der Waals surface area contributed by atoms with E-state index in [1.807, 2.05) is 12.2 Å². The van der Waals surface area contributed by atoms with Gasteiger partial charge in [0.2, 0.25) is 0 Å². The van der Waals surface area contributed by atoms with Gasteiger partial charge in [0.05, 0.1) is 24.9 Å². The van der Waals surface area contributed by atoms with Gasteiger partial charge in [0.25, 0.3) is 0 Å². The number of aliphatic hydroxyl groups excluding tert-OH is 4. The van der Waals surface area contributed by atoms with Gasteiger partial charge in [-0.2, -0.15) is 0 Å². The van der Waals surface area contributed by atoms with Crippen molar-refractivity contribution in [3.63, 3.8) is 0 Å². The minimum atomic E-state index is -1.05. The molecule has 1 heterocycles. The molecular formula is C42H76O9. The average Bonchev–Trinajstić information content (AvgIpc) is 3.11. The number of aliphatic hydroxyl groups is 4. The second-order valence-electron chi connectivity index (χ2n) is 14.6. The number of carbonyl (C=O) groups excluding carboxylic acids is 2. The third-order valence-electron chi connectivity index (χ3n) is 9.79. The first-order valence-electron chi connectivity index (χ1n) is 20.8. The molecule has 9 nitrogen and oxygen atoms in total. The highest BCUT2D eigenvalue weighted by atomic mass is 16.6. The number of hydrogen-bond acceptors (Lipinski definition) is 9. The third kappa shape index (κ3) is 26.6. The van der Waals surface area contributed by atoms with Gasteiger partial charge in [-0.1, -0.05) is 154 Å². The van der Waals surface area contributed by atoms with E-state index in [1.54, 1.807) is 12.2 Å². The topological polar surface area (TPSA) is 143 Å². The van der Waals surface area contributed by atoms with Crippen molar-refractivity contribution < 1.29 is 44.2 Å². The Kier molecular flexibility index (Phi) is 30.4. The molecule has 298 valence electrons. The lowest BCUT2D eigenvalue weighted by molar-refractivity contribution is -0.199. The number of rotatable bonds is 33. The smallest absolute Gasteiger partial charge is 0.306 e. The Morgan fingerprint density at radius 1 is 0.745 bits per heavy atom. The van der Waals surface area contributed by atoms with E-state index in [9.17, 15) is 30.0 Å². The number of esters is 2. The molecule has 0 bridgehead atoms. The molecule has 0 radical (unpaired) electrons. The Hall–Kier alpha value is -1.78. The highest BCUT2D eigenvalue weighted by molar-refractivity contribution is 5.70. The van der Waals surface area contributed by atoms with Crippen molar-refractivity contribution in [2.24, 2.45) is 5.92 Å². The molecule has 0 saturated carbocycles. The number of carbonyl (C=O) groups is 2. The second-order valence-corrected chi connectivity index (χ2v) is 14.6. The molecular weight excluding hydrogens is 648 g/mol. The molecule has 0 amide bonds. The molecule has 4 N–H and O–H groups in total. The Balaban J connectivity index is 2.12. The Bertz CT molecular complexity index is 892. The Morgan fingerprint density at radius 3 is 1.88 bits per heavy atom. The monoisotopic (exact) mass is 725 g/mol. The van der Waals surface area contributed by atoms with Gasteiger partial charge >= 0.3 is 11.9 Å². The summed E-state index contributed by atoms with van der Waals surface area (Å²) in [5.74, 6) is -1.04. The number of unbranched alkanes of at least 4 members (excludes halogenated alkanes) is 18. The van der Waals surface area contributed by atoms with Crippen LogP contribution in [-0.4, -0.2) is 76.3 Å². The highest BCUT2D eigenvalue weighted by Crippen LogP contribution is 2.29. The zero-order valence-corrected chi connectivity index (χ0v) is 32.4. The van der Waals surface area contributed by atoms with E-state index in [4.69, 9.17) is 14.2 Å². The summed E-state index contributed by atoms with van der Waals surface area (Å²) in [4.78, 5) is 24.5. The third-order valence-corrected chi connectivity index (χ3v) is 9.79. The maximum absolute atomic E-state index is 12.3. The number of allylic oxidation sites excluding steroid dienone is 2. The van der Waals surface area contributed by atoms with Gasteiger partial charge in [-0.25, -0.2) is 0 Å². The van der Waals surface area contributed by atoms with Crippen LogP contribution in [0.15, 0.2) is 24.3 Å². The summed E-state index contributed by atoms with van der Waals surface area (Å²) in [6.45, 7) is 3.81. The molecule has 0 aromatic rings. The summed E-state index contributed by atoms with van der Waals surface area (Å²) in [7, 11) is 0. The van der Waals surface area contributed by atoms with Crippen molar-refractivity contribution in [1.82, 2.24) is 0 Å². The standard InChI is InChI=1S/C42H76O9/c1-3-5-7-8-9-10-11-12-13-14-15-16-17-18-19-24-28-40(46)49-34-36(33-43)50-41(47)29-25-21-20-23-27-37-38(45)32-42(48)51-39(37)31-30-35(44)26-22-6-4-2/h20,23,30-31,35-39,42-45,48H,3-19,21-22,24-29,32-34H2,1-2H3/b23-20-,31-30+/t35-,36-,37-,38-,39+,42?/m0/s1. The predicted octanol–water partition coefficient (Wildman–Crippen LogP) is 8.78. The summed E-state index contributed by atoms with van der Waals surface area (Å²) >= 11 is 0. The first-order valence-corrected chi connectivity index (χ1v) is 20.8. The fraction of sp³-hybridized carbons (Fsp3) is 0.857. The van der Waals surface area contributed by atoms with E-state index >= 15 is 0 Å². The molecule has 0 aliphatic carbocycles. The molecule has 9 heteroatoms. The summed E-state index contributed by atoms with van der Waals surface area (Å²) in [6, 6.07) is 0. The molecule has 0 aromatic carbocycles. The molecule has 0 aromatic heterocycles. The SMILES string of the molecule is CCCCCCCCCCCCCCCCCCC(=O)OC[C@H](CO)OC(=O)CCC/C=C\C[C@H]1[C@@H](O)CC(O)O[C@@H]1/C=C/[C@@H](O)CCCCC. The van der Waals surface area contributed by atoms with Gasteiger partial charge in [-0.3, -0.25) is 9.59 Å². The molecule has 6 atom stereocenters. The van der Waals surface area contributed by atoms with E-state index in [2.05, 4.69) is 13.8 Å². The van der Waals surface area contributed by atoms with Crippen LogP contribution < -0.4 is 0 Å². The van der Waals surface area contributed by atoms with Crippen LogP contribution in [0.25, 0.3) is 0 Å². The zero-order valence-electron chi connectivity index (χ0n) is 32.4. The normalized spacial score (nSPS) is 20.6. The molecule has 1 rings (SSSR count). The van der Waals surface area contributed by atoms with E-state index in [0.29, 0.717) is 32.1 Å². The first kappa shape index (κ1) is 47.2. The van der Waals surface area contributed by atoms with E-state index in [-0.39, 0.29) is 31.3 Å². The lowest BCUT2D eigenvalue weighted by Gasteiger charge is -2.36. The first-order chi connectivity index (χ1) is 24.8. The van der Waals surface area contributed by atoms with Crippen molar-refractivity contribution >= 4 is 11.9 Å². The van der Waals surface area contributed by atoms with Crippen LogP contribution in [0.4, 0.5) is 0 Å². The summed E-state index contributed by atoms with van der Waals surface area (Å²) in [6.07, 6.45) is 30.0. The summed E-state index contributed by atoms with van der Waals surface area (Å²) < 4.78 is 16.2. The van der Waals surface area contributed by atoms with E-state index in [0.717, 1.165) is 38.5 Å². The molecule has 1 unspecified atom stereocenters. The molecule has 0 spiro atoms. The minimum Gasteiger partial charge on any atom is -0.462 e. The Labute approximate surface area is 310 Å². The van der Waals surface area contributed by atoms with E-state index in [1.165, 1.54) is 83.5 Å². The van der Waals surface area contributed by atoms with Crippen molar-refractivity contribution in [3.05, 3.63) is 24.3 Å². The zero-order chi connectivity index (χ0) is 37.4. The van der Waals surface area contributed by atoms with Gasteiger partial charge in [0, 0.05) is 25.2 Å². The molecule has 1 saturated heterocycles. The summed E-state index contributed by atoms with van der Waals surface area (Å²) in [5, 5.41) is 40.4. The van der Waals surface area contributed by atoms with Crippen molar-refractivity contribution in [1.29, 1.82) is 0 Å². The maximum Gasteiger partial charge on any atom is 0.306 e. The highest BCUT2D eigenvalue weighted by Gasteiger charge is 2.35. The van der Waals surface area contributed by atoms with Gasteiger partial charge in [-0.05, 0) is 32.1 Å². The second kappa shape index (κ2) is 32.8. The fourth-order valence-electron chi connectivity index (χ4n) is 6.53. The summed E-state index contributed by atoms with van der Waals surface area (Å²) in [5.41, 5.74) is 0. The van der Waals surface area contributed by atoms with Gasteiger partial charge < -0.3 is 34.6 Å². The van der Waals surface area contributed by atoms with Crippen LogP contribution in [0.5, 0.6) is 0 Å². The van der Waals surface area contributed by atoms with Gasteiger partial charge in [0.1, 0.15) is 6.61 Å². The van der Waals surface area contributed by atoms with Crippen molar-refractivity contribution in [3.8, 4) is 0 Å². The van der Waals surface area contributed by atoms with Crippen LogP contribution in [0, 0.1) is 5.92 Å². The van der Waals surface area contributed by atoms with Crippen LogP contribution in [-0.2, 0) is 23.8 Å². The van der Waals surface area contributed by atoms with Crippen molar-refractivity contribution in [2.45, 2.75) is 211 Å². The van der Waals surface area contributed by atoms with Crippen LogP contribution in [0.3, 0.4) is 0 Å². The van der Waals surface area contributed by atoms with Crippen LogP contribution >= 0.6 is 0 Å². The predicted molar refractivity (Wildman–Crippen MR) is 204 cm³/mol. The minimum absolute atomic E-state index is 0.134. The quantitative estimate of drug-likeness (QED) is 0.0297. The fourth-order valence-corrected chi connectivity index (χ4v) is 6.53. The molecule has 51 heavy (non-hydrogen) atoms. The Morgan fingerprint density at radius 2 is 1.29 bits per heavy atom. The average molecular weight is 725 g/mol. The van der Waals surface area contributed by atoms with Gasteiger partial charge in [0.15, 0.2) is 12.4 Å². The molecule has 1 fully saturated rings. The lowest BCUT2D eigenvalue weighted by Crippen LogP contribution is -2.43. The van der Waals surface area contributed by atoms with Crippen LogP contribution in [0.2, 0.25) is 0 Å².